The van der Waals surface area contributed by atoms with Crippen molar-refractivity contribution in [3.8, 4) is 0 Å². The first-order chi connectivity index (χ1) is 8.43. The van der Waals surface area contributed by atoms with Gasteiger partial charge >= 0.3 is 0 Å². The highest BCUT2D eigenvalue weighted by Gasteiger charge is 2.12. The molecule has 0 saturated heterocycles. The zero-order chi connectivity index (χ0) is 12.2. The van der Waals surface area contributed by atoms with Gasteiger partial charge in [0, 0.05) is 0 Å². The van der Waals surface area contributed by atoms with E-state index in [0.29, 0.717) is 0 Å². The Kier molecular flexibility index (Phi) is 9.84. The lowest BCUT2D eigenvalue weighted by molar-refractivity contribution is 0.329. The topological polar surface area (TPSA) is 0 Å². The summed E-state index contributed by atoms with van der Waals surface area (Å²) < 4.78 is 0. The number of unbranched alkanes of at least 4 members (excludes halogenated alkanes) is 8. The Labute approximate surface area is 110 Å². The lowest BCUT2D eigenvalue weighted by Gasteiger charge is -2.21. The lowest BCUT2D eigenvalue weighted by atomic mass is 9.85. The first-order valence-electron chi connectivity index (χ1n) is 8.25. The van der Waals surface area contributed by atoms with Crippen LogP contribution >= 0.6 is 0 Å². The average molecular weight is 237 g/mol. The molecule has 0 amide bonds. The molecule has 0 unspecified atom stereocenters. The molecule has 0 atom stereocenters. The van der Waals surface area contributed by atoms with Gasteiger partial charge in [-0.2, -0.15) is 0 Å². The van der Waals surface area contributed by atoms with E-state index in [4.69, 9.17) is 0 Å². The van der Waals surface area contributed by atoms with Crippen molar-refractivity contribution in [3.05, 3.63) is 6.42 Å². The van der Waals surface area contributed by atoms with Gasteiger partial charge in [0.15, 0.2) is 0 Å². The van der Waals surface area contributed by atoms with Crippen LogP contribution in [0.25, 0.3) is 0 Å². The molecule has 0 aliphatic heterocycles. The highest BCUT2D eigenvalue weighted by Crippen LogP contribution is 2.28. The van der Waals surface area contributed by atoms with Crippen molar-refractivity contribution in [2.75, 3.05) is 0 Å². The Balaban J connectivity index is 1.75. The van der Waals surface area contributed by atoms with Crippen molar-refractivity contribution in [1.29, 1.82) is 0 Å². The van der Waals surface area contributed by atoms with Crippen LogP contribution in [0.5, 0.6) is 0 Å². The molecule has 1 aliphatic rings. The third-order valence-electron chi connectivity index (χ3n) is 4.26. The maximum atomic E-state index is 2.54. The van der Waals surface area contributed by atoms with Crippen LogP contribution in [-0.4, -0.2) is 0 Å². The molecule has 101 valence electrons. The molecule has 1 fully saturated rings. The van der Waals surface area contributed by atoms with E-state index in [-0.39, 0.29) is 0 Å². The summed E-state index contributed by atoms with van der Waals surface area (Å²) in [6, 6.07) is 0. The van der Waals surface area contributed by atoms with E-state index >= 15 is 0 Å². The summed E-state index contributed by atoms with van der Waals surface area (Å²) >= 11 is 0. The summed E-state index contributed by atoms with van der Waals surface area (Å²) in [6.07, 6.45) is 23.0. The molecule has 0 nitrogen and oxygen atoms in total. The first kappa shape index (κ1) is 15.1. The molecule has 1 rings (SSSR count). The SMILES string of the molecule is CCCCCC[CH]CCCCC1CCCCC1. The van der Waals surface area contributed by atoms with Crippen LogP contribution < -0.4 is 0 Å². The van der Waals surface area contributed by atoms with Crippen LogP contribution in [0.1, 0.15) is 96.8 Å². The maximum absolute atomic E-state index is 2.54. The average Bonchev–Trinajstić information content (AvgIpc) is 2.38. The summed E-state index contributed by atoms with van der Waals surface area (Å²) in [7, 11) is 0. The van der Waals surface area contributed by atoms with E-state index in [0.717, 1.165) is 5.92 Å². The molecule has 0 heteroatoms. The zero-order valence-electron chi connectivity index (χ0n) is 12.1. The molecule has 0 spiro atoms. The smallest absolute Gasteiger partial charge is 0.0386 e. The van der Waals surface area contributed by atoms with Crippen LogP contribution in [0, 0.1) is 12.3 Å². The monoisotopic (exact) mass is 237 g/mol. The van der Waals surface area contributed by atoms with Crippen LogP contribution in [0.4, 0.5) is 0 Å². The quantitative estimate of drug-likeness (QED) is 0.391. The fraction of sp³-hybridized carbons (Fsp3) is 0.941. The van der Waals surface area contributed by atoms with Gasteiger partial charge in [0.1, 0.15) is 0 Å². The molecule has 1 aliphatic carbocycles. The Hall–Kier alpha value is 0. The minimum absolute atomic E-state index is 1.09. The van der Waals surface area contributed by atoms with Crippen molar-refractivity contribution >= 4 is 0 Å². The molecule has 0 aromatic rings. The van der Waals surface area contributed by atoms with Gasteiger partial charge in [0.2, 0.25) is 0 Å². The maximum Gasteiger partial charge on any atom is -0.0386 e. The molecule has 1 radical (unpaired) electrons. The highest BCUT2D eigenvalue weighted by molar-refractivity contribution is 4.68. The van der Waals surface area contributed by atoms with Crippen molar-refractivity contribution in [2.24, 2.45) is 5.92 Å². The van der Waals surface area contributed by atoms with E-state index in [9.17, 15) is 0 Å². The second-order valence-electron chi connectivity index (χ2n) is 5.93. The molecule has 17 heavy (non-hydrogen) atoms. The standard InChI is InChI=1S/C17H33/c1-2-3-4-5-6-7-8-9-11-14-17-15-12-10-13-16-17/h7,17H,2-6,8-16H2,1H3. The number of hydrogen-bond acceptors (Lipinski definition) is 0. The molecule has 1 saturated carbocycles. The van der Waals surface area contributed by atoms with E-state index in [1.807, 2.05) is 0 Å². The minimum atomic E-state index is 1.09. The number of hydrogen-bond donors (Lipinski definition) is 0. The van der Waals surface area contributed by atoms with E-state index in [1.54, 1.807) is 0 Å². The normalized spacial score (nSPS) is 17.5. The van der Waals surface area contributed by atoms with Gasteiger partial charge in [0.25, 0.3) is 0 Å². The highest BCUT2D eigenvalue weighted by atomic mass is 14.2. The van der Waals surface area contributed by atoms with Gasteiger partial charge < -0.3 is 0 Å². The largest absolute Gasteiger partial charge is 0.0654 e. The number of rotatable bonds is 10. The summed E-state index contributed by atoms with van der Waals surface area (Å²) in [5.41, 5.74) is 0. The lowest BCUT2D eigenvalue weighted by Crippen LogP contribution is -2.05. The molecule has 0 N–H and O–H groups in total. The zero-order valence-corrected chi connectivity index (χ0v) is 12.1. The Morgan fingerprint density at radius 1 is 0.824 bits per heavy atom. The summed E-state index contributed by atoms with van der Waals surface area (Å²) in [6.45, 7) is 2.29. The van der Waals surface area contributed by atoms with Gasteiger partial charge in [-0.1, -0.05) is 96.8 Å². The molecule has 0 aromatic carbocycles. The second kappa shape index (κ2) is 11.1. The molecule has 0 bridgehead atoms. The van der Waals surface area contributed by atoms with Crippen molar-refractivity contribution in [1.82, 2.24) is 0 Å². The van der Waals surface area contributed by atoms with Crippen LogP contribution in [0.2, 0.25) is 0 Å². The summed E-state index contributed by atoms with van der Waals surface area (Å²) in [5, 5.41) is 0. The van der Waals surface area contributed by atoms with Crippen LogP contribution in [0.15, 0.2) is 0 Å². The third-order valence-corrected chi connectivity index (χ3v) is 4.26. The van der Waals surface area contributed by atoms with Crippen molar-refractivity contribution < 1.29 is 0 Å². The summed E-state index contributed by atoms with van der Waals surface area (Å²) in [4.78, 5) is 0. The van der Waals surface area contributed by atoms with Crippen LogP contribution in [0.3, 0.4) is 0 Å². The molecule has 0 aromatic heterocycles. The molecular weight excluding hydrogens is 204 g/mol. The third kappa shape index (κ3) is 8.69. The van der Waals surface area contributed by atoms with Gasteiger partial charge in [-0.15, -0.1) is 0 Å². The minimum Gasteiger partial charge on any atom is -0.0654 e. The van der Waals surface area contributed by atoms with Crippen LogP contribution in [-0.2, 0) is 0 Å². The Morgan fingerprint density at radius 2 is 1.53 bits per heavy atom. The van der Waals surface area contributed by atoms with Crippen molar-refractivity contribution in [2.45, 2.75) is 96.8 Å². The van der Waals surface area contributed by atoms with E-state index in [2.05, 4.69) is 13.3 Å². The predicted molar refractivity (Wildman–Crippen MR) is 78.1 cm³/mol. The fourth-order valence-electron chi connectivity index (χ4n) is 3.06. The molecule has 0 heterocycles. The predicted octanol–water partition coefficient (Wildman–Crippen LogP) is 6.30. The van der Waals surface area contributed by atoms with E-state index in [1.165, 1.54) is 89.9 Å². The van der Waals surface area contributed by atoms with Gasteiger partial charge in [-0.05, 0) is 12.3 Å². The fourth-order valence-corrected chi connectivity index (χ4v) is 3.06. The Bertz CT molecular complexity index is 144. The summed E-state index contributed by atoms with van der Waals surface area (Å²) in [5.74, 6) is 1.09. The van der Waals surface area contributed by atoms with Gasteiger partial charge in [0.05, 0.1) is 0 Å². The van der Waals surface area contributed by atoms with Gasteiger partial charge in [-0.25, -0.2) is 0 Å². The van der Waals surface area contributed by atoms with Gasteiger partial charge in [-0.3, -0.25) is 0 Å². The van der Waals surface area contributed by atoms with E-state index < -0.39 is 0 Å². The first-order valence-corrected chi connectivity index (χ1v) is 8.25. The van der Waals surface area contributed by atoms with Crippen molar-refractivity contribution in [3.63, 3.8) is 0 Å². The Morgan fingerprint density at radius 3 is 2.24 bits per heavy atom. The molecular formula is C17H33. The second-order valence-corrected chi connectivity index (χ2v) is 5.93.